The van der Waals surface area contributed by atoms with Gasteiger partial charge in [0.15, 0.2) is 12.1 Å². The highest BCUT2D eigenvalue weighted by Gasteiger charge is 2.15. The van der Waals surface area contributed by atoms with E-state index in [4.69, 9.17) is 20.8 Å². The van der Waals surface area contributed by atoms with Crippen molar-refractivity contribution >= 4 is 23.3 Å². The first kappa shape index (κ1) is 16.3. The van der Waals surface area contributed by atoms with Crippen molar-refractivity contribution < 1.29 is 13.9 Å². The van der Waals surface area contributed by atoms with E-state index in [1.165, 1.54) is 6.39 Å². The number of ether oxygens (including phenoxy) is 1. The number of oxazole rings is 1. The Balaban J connectivity index is 1.97. The SMILES string of the molecule is Cc1ocnc1C(=O)OCCc1cnc(Cl)cc1NC(C)C. The molecule has 118 valence electrons. The Labute approximate surface area is 133 Å². The normalized spacial score (nSPS) is 10.8. The summed E-state index contributed by atoms with van der Waals surface area (Å²) in [5.74, 6) is -0.0492. The molecule has 0 saturated heterocycles. The molecule has 0 fully saturated rings. The lowest BCUT2D eigenvalue weighted by Crippen LogP contribution is -2.14. The Morgan fingerprint density at radius 1 is 1.45 bits per heavy atom. The zero-order chi connectivity index (χ0) is 16.1. The summed E-state index contributed by atoms with van der Waals surface area (Å²) < 4.78 is 10.2. The molecule has 0 aliphatic heterocycles. The monoisotopic (exact) mass is 323 g/mol. The average Bonchev–Trinajstić information content (AvgIpc) is 2.86. The molecule has 0 aliphatic carbocycles. The second-order valence-corrected chi connectivity index (χ2v) is 5.49. The second kappa shape index (κ2) is 7.26. The predicted molar refractivity (Wildman–Crippen MR) is 83.2 cm³/mol. The number of aryl methyl sites for hydroxylation is 1. The molecule has 6 nitrogen and oxygen atoms in total. The van der Waals surface area contributed by atoms with E-state index in [1.54, 1.807) is 19.2 Å². The minimum Gasteiger partial charge on any atom is -0.461 e. The highest BCUT2D eigenvalue weighted by molar-refractivity contribution is 6.29. The molecule has 0 amide bonds. The van der Waals surface area contributed by atoms with Gasteiger partial charge in [0.25, 0.3) is 0 Å². The molecular weight excluding hydrogens is 306 g/mol. The largest absolute Gasteiger partial charge is 0.461 e. The number of esters is 1. The topological polar surface area (TPSA) is 77.2 Å². The molecule has 7 heteroatoms. The van der Waals surface area contributed by atoms with Crippen LogP contribution in [0, 0.1) is 6.92 Å². The van der Waals surface area contributed by atoms with Crippen molar-refractivity contribution in [2.45, 2.75) is 33.2 Å². The zero-order valence-corrected chi connectivity index (χ0v) is 13.5. The highest BCUT2D eigenvalue weighted by Crippen LogP contribution is 2.20. The van der Waals surface area contributed by atoms with Gasteiger partial charge in [-0.05, 0) is 32.4 Å². The average molecular weight is 324 g/mol. The van der Waals surface area contributed by atoms with Crippen molar-refractivity contribution in [1.82, 2.24) is 9.97 Å². The minimum absolute atomic E-state index is 0.203. The summed E-state index contributed by atoms with van der Waals surface area (Å²) in [5.41, 5.74) is 2.03. The van der Waals surface area contributed by atoms with Crippen LogP contribution >= 0.6 is 11.6 Å². The molecular formula is C15H18ClN3O3. The first-order valence-corrected chi connectivity index (χ1v) is 7.33. The van der Waals surface area contributed by atoms with Crippen molar-refractivity contribution in [2.24, 2.45) is 0 Å². The maximum atomic E-state index is 11.8. The fraction of sp³-hybridized carbons (Fsp3) is 0.400. The smallest absolute Gasteiger partial charge is 0.360 e. The third-order valence-electron chi connectivity index (χ3n) is 2.94. The Morgan fingerprint density at radius 2 is 2.23 bits per heavy atom. The summed E-state index contributed by atoms with van der Waals surface area (Å²) in [6.07, 6.45) is 3.43. The predicted octanol–water partition coefficient (Wildman–Crippen LogP) is 3.25. The number of hydrogen-bond acceptors (Lipinski definition) is 6. The van der Waals surface area contributed by atoms with Crippen molar-refractivity contribution in [2.75, 3.05) is 11.9 Å². The van der Waals surface area contributed by atoms with Crippen LogP contribution in [0.4, 0.5) is 5.69 Å². The van der Waals surface area contributed by atoms with Crippen LogP contribution in [-0.4, -0.2) is 28.6 Å². The van der Waals surface area contributed by atoms with Gasteiger partial charge < -0.3 is 14.5 Å². The Hall–Kier alpha value is -2.08. The Morgan fingerprint density at radius 3 is 2.86 bits per heavy atom. The first-order valence-electron chi connectivity index (χ1n) is 6.95. The van der Waals surface area contributed by atoms with Crippen LogP contribution in [0.2, 0.25) is 5.15 Å². The van der Waals surface area contributed by atoms with Gasteiger partial charge in [0.1, 0.15) is 10.9 Å². The number of rotatable bonds is 6. The third-order valence-corrected chi connectivity index (χ3v) is 3.15. The van der Waals surface area contributed by atoms with Crippen molar-refractivity contribution in [3.8, 4) is 0 Å². The number of nitrogens with one attached hydrogen (secondary N) is 1. The van der Waals surface area contributed by atoms with E-state index in [2.05, 4.69) is 15.3 Å². The molecule has 2 aromatic rings. The minimum atomic E-state index is -0.494. The standard InChI is InChI=1S/C15H18ClN3O3/c1-9(2)19-12-6-13(16)17-7-11(12)4-5-21-15(20)14-10(3)22-8-18-14/h6-9H,4-5H2,1-3H3,(H,17,19). The Bertz CT molecular complexity index is 655. The van der Waals surface area contributed by atoms with Crippen LogP contribution in [0.5, 0.6) is 0 Å². The van der Waals surface area contributed by atoms with Crippen molar-refractivity contribution in [3.63, 3.8) is 0 Å². The summed E-state index contributed by atoms with van der Waals surface area (Å²) in [6.45, 7) is 5.95. The van der Waals surface area contributed by atoms with E-state index in [9.17, 15) is 4.79 Å². The lowest BCUT2D eigenvalue weighted by atomic mass is 10.1. The van der Waals surface area contributed by atoms with Crippen molar-refractivity contribution in [3.05, 3.63) is 40.8 Å². The number of aromatic nitrogens is 2. The van der Waals surface area contributed by atoms with E-state index >= 15 is 0 Å². The molecule has 0 unspecified atom stereocenters. The van der Waals surface area contributed by atoms with E-state index in [-0.39, 0.29) is 18.3 Å². The summed E-state index contributed by atoms with van der Waals surface area (Å²) in [6, 6.07) is 2.03. The maximum Gasteiger partial charge on any atom is 0.360 e. The summed E-state index contributed by atoms with van der Waals surface area (Å²) in [7, 11) is 0. The molecule has 2 rings (SSSR count). The van der Waals surface area contributed by atoms with Gasteiger partial charge in [-0.3, -0.25) is 0 Å². The number of halogens is 1. The molecule has 1 N–H and O–H groups in total. The summed E-state index contributed by atoms with van der Waals surface area (Å²) >= 11 is 5.91. The van der Waals surface area contributed by atoms with Crippen LogP contribution in [0.3, 0.4) is 0 Å². The molecule has 0 aliphatic rings. The molecule has 0 radical (unpaired) electrons. The molecule has 0 saturated carbocycles. The van der Waals surface area contributed by atoms with E-state index in [1.807, 2.05) is 13.8 Å². The van der Waals surface area contributed by atoms with Gasteiger partial charge in [-0.2, -0.15) is 0 Å². The third kappa shape index (κ3) is 4.21. The first-order chi connectivity index (χ1) is 10.5. The molecule has 0 spiro atoms. The van der Waals surface area contributed by atoms with E-state index in [0.29, 0.717) is 17.3 Å². The molecule has 2 heterocycles. The molecule has 0 bridgehead atoms. The number of anilines is 1. The van der Waals surface area contributed by atoms with Crippen molar-refractivity contribution in [1.29, 1.82) is 0 Å². The van der Waals surface area contributed by atoms with Gasteiger partial charge in [-0.25, -0.2) is 14.8 Å². The second-order valence-electron chi connectivity index (χ2n) is 5.11. The number of carbonyl (C=O) groups excluding carboxylic acids is 1. The Kier molecular flexibility index (Phi) is 5.38. The molecule has 2 aromatic heterocycles. The van der Waals surface area contributed by atoms with Crippen LogP contribution < -0.4 is 5.32 Å². The zero-order valence-electron chi connectivity index (χ0n) is 12.7. The van der Waals surface area contributed by atoms with Crippen LogP contribution in [0.25, 0.3) is 0 Å². The van der Waals surface area contributed by atoms with E-state index < -0.39 is 5.97 Å². The van der Waals surface area contributed by atoms with E-state index in [0.717, 1.165) is 11.3 Å². The fourth-order valence-electron chi connectivity index (χ4n) is 1.93. The van der Waals surface area contributed by atoms with Crippen LogP contribution in [0.15, 0.2) is 23.1 Å². The van der Waals surface area contributed by atoms with Gasteiger partial charge in [0.2, 0.25) is 0 Å². The maximum absolute atomic E-state index is 11.8. The summed E-state index contributed by atoms with van der Waals surface area (Å²) in [5, 5.41) is 3.72. The quantitative estimate of drug-likeness (QED) is 0.649. The molecule has 0 atom stereocenters. The summed E-state index contributed by atoms with van der Waals surface area (Å²) in [4.78, 5) is 19.7. The van der Waals surface area contributed by atoms with Crippen LogP contribution in [-0.2, 0) is 11.2 Å². The van der Waals surface area contributed by atoms with Crippen LogP contribution in [0.1, 0.15) is 35.7 Å². The lowest BCUT2D eigenvalue weighted by Gasteiger charge is -2.14. The van der Waals surface area contributed by atoms with Gasteiger partial charge in [-0.1, -0.05) is 11.6 Å². The van der Waals surface area contributed by atoms with Gasteiger partial charge in [0, 0.05) is 24.3 Å². The number of pyridine rings is 1. The molecule has 0 aromatic carbocycles. The number of nitrogens with zero attached hydrogens (tertiary/aromatic N) is 2. The number of hydrogen-bond donors (Lipinski definition) is 1. The highest BCUT2D eigenvalue weighted by atomic mass is 35.5. The van der Waals surface area contributed by atoms with Gasteiger partial charge >= 0.3 is 5.97 Å². The fourth-order valence-corrected chi connectivity index (χ4v) is 2.08. The number of carbonyl (C=O) groups is 1. The molecule has 22 heavy (non-hydrogen) atoms. The van der Waals surface area contributed by atoms with Gasteiger partial charge in [-0.15, -0.1) is 0 Å². The lowest BCUT2D eigenvalue weighted by molar-refractivity contribution is 0.0501. The van der Waals surface area contributed by atoms with Gasteiger partial charge in [0.05, 0.1) is 6.61 Å².